The summed E-state index contributed by atoms with van der Waals surface area (Å²) < 4.78 is 6.09. The summed E-state index contributed by atoms with van der Waals surface area (Å²) >= 11 is 0. The molecule has 2 heterocycles. The van der Waals surface area contributed by atoms with Gasteiger partial charge < -0.3 is 20.2 Å². The van der Waals surface area contributed by atoms with Crippen molar-refractivity contribution >= 4 is 20.1 Å². The summed E-state index contributed by atoms with van der Waals surface area (Å²) in [7, 11) is -1.69. The third-order valence-corrected chi connectivity index (χ3v) is 8.70. The van der Waals surface area contributed by atoms with Gasteiger partial charge in [0.15, 0.2) is 8.32 Å². The van der Waals surface area contributed by atoms with Crippen LogP contribution in [0.15, 0.2) is 0 Å². The first-order valence-corrected chi connectivity index (χ1v) is 10.3. The van der Waals surface area contributed by atoms with Gasteiger partial charge in [0.05, 0.1) is 25.0 Å². The summed E-state index contributed by atoms with van der Waals surface area (Å²) in [5.41, 5.74) is 0. The standard InChI is InChI=1S/C10H21NO2Si.C4H7NO2/c1-10(2,3)14(4,5)13-8-6-9(12)11-7-8;6-3-1-4(7)5-2-3/h8H,6-7H2,1-5H3,(H,11,12);3,6H,1-2H2,(H,5,7)/t8-;3-/m11/s1. The lowest BCUT2D eigenvalue weighted by atomic mass is 10.2. The van der Waals surface area contributed by atoms with Gasteiger partial charge in [-0.15, -0.1) is 0 Å². The van der Waals surface area contributed by atoms with Gasteiger partial charge in [0.2, 0.25) is 11.8 Å². The molecule has 0 aromatic rings. The van der Waals surface area contributed by atoms with E-state index in [1.54, 1.807) is 0 Å². The maximum Gasteiger partial charge on any atom is 0.222 e. The first-order chi connectivity index (χ1) is 9.51. The Balaban J connectivity index is 0.000000262. The predicted octanol–water partition coefficient (Wildman–Crippen LogP) is 0.764. The van der Waals surface area contributed by atoms with Crippen molar-refractivity contribution in [2.45, 2.75) is 64.0 Å². The highest BCUT2D eigenvalue weighted by Crippen LogP contribution is 2.37. The Morgan fingerprint density at radius 1 is 1.10 bits per heavy atom. The minimum atomic E-state index is -1.69. The van der Waals surface area contributed by atoms with E-state index in [1.807, 2.05) is 0 Å². The van der Waals surface area contributed by atoms with Crippen LogP contribution >= 0.6 is 0 Å². The Hall–Kier alpha value is -0.923. The summed E-state index contributed by atoms with van der Waals surface area (Å²) in [5, 5.41) is 14.1. The number of carbonyl (C=O) groups excluding carboxylic acids is 2. The number of rotatable bonds is 2. The van der Waals surface area contributed by atoms with E-state index in [4.69, 9.17) is 9.53 Å². The molecule has 0 unspecified atom stereocenters. The number of amides is 2. The molecule has 7 heteroatoms. The number of hydrogen-bond acceptors (Lipinski definition) is 4. The molecule has 2 aliphatic heterocycles. The van der Waals surface area contributed by atoms with E-state index in [-0.39, 0.29) is 29.4 Å². The number of aliphatic hydroxyl groups is 1. The molecular formula is C14H28N2O4Si. The monoisotopic (exact) mass is 316 g/mol. The summed E-state index contributed by atoms with van der Waals surface area (Å²) in [6.07, 6.45) is 0.475. The smallest absolute Gasteiger partial charge is 0.222 e. The molecule has 0 radical (unpaired) electrons. The lowest BCUT2D eigenvalue weighted by molar-refractivity contribution is -0.120. The summed E-state index contributed by atoms with van der Waals surface area (Å²) in [6.45, 7) is 12.2. The van der Waals surface area contributed by atoms with Gasteiger partial charge >= 0.3 is 0 Å². The maximum atomic E-state index is 11.0. The third-order valence-electron chi connectivity index (χ3n) is 4.16. The fraction of sp³-hybridized carbons (Fsp3) is 0.857. The highest BCUT2D eigenvalue weighted by atomic mass is 28.4. The van der Waals surface area contributed by atoms with Crippen molar-refractivity contribution in [2.75, 3.05) is 13.1 Å². The minimum Gasteiger partial charge on any atom is -0.412 e. The van der Waals surface area contributed by atoms with Crippen LogP contribution in [0.25, 0.3) is 0 Å². The van der Waals surface area contributed by atoms with Crippen molar-refractivity contribution in [3.8, 4) is 0 Å². The molecule has 21 heavy (non-hydrogen) atoms. The highest BCUT2D eigenvalue weighted by molar-refractivity contribution is 6.74. The molecule has 0 aromatic carbocycles. The van der Waals surface area contributed by atoms with Gasteiger partial charge in [-0.05, 0) is 18.1 Å². The minimum absolute atomic E-state index is 0.0486. The topological polar surface area (TPSA) is 87.7 Å². The molecule has 0 aromatic heterocycles. The molecule has 2 rings (SSSR count). The van der Waals surface area contributed by atoms with E-state index >= 15 is 0 Å². The Kier molecular flexibility index (Phi) is 5.95. The molecule has 122 valence electrons. The van der Waals surface area contributed by atoms with E-state index in [0.717, 1.165) is 0 Å². The van der Waals surface area contributed by atoms with Gasteiger partial charge in [-0.1, -0.05) is 20.8 Å². The van der Waals surface area contributed by atoms with E-state index < -0.39 is 14.4 Å². The molecule has 6 nitrogen and oxygen atoms in total. The Morgan fingerprint density at radius 3 is 1.90 bits per heavy atom. The predicted molar refractivity (Wildman–Crippen MR) is 83.3 cm³/mol. The SMILES string of the molecule is CC(C)(C)[Si](C)(C)O[C@H]1CNC(=O)C1.O=C1C[C@@H](O)CN1. The zero-order valence-corrected chi connectivity index (χ0v) is 14.7. The van der Waals surface area contributed by atoms with Gasteiger partial charge in [0, 0.05) is 13.1 Å². The van der Waals surface area contributed by atoms with Crippen LogP contribution in [-0.4, -0.2) is 50.5 Å². The molecular weight excluding hydrogens is 288 g/mol. The Labute approximate surface area is 127 Å². The Morgan fingerprint density at radius 2 is 1.62 bits per heavy atom. The van der Waals surface area contributed by atoms with E-state index in [2.05, 4.69) is 44.5 Å². The number of carbonyl (C=O) groups is 2. The van der Waals surface area contributed by atoms with Crippen LogP contribution < -0.4 is 10.6 Å². The van der Waals surface area contributed by atoms with Crippen molar-refractivity contribution < 1.29 is 19.1 Å². The molecule has 2 saturated heterocycles. The maximum absolute atomic E-state index is 11.0. The largest absolute Gasteiger partial charge is 0.412 e. The molecule has 0 aliphatic carbocycles. The van der Waals surface area contributed by atoms with Crippen LogP contribution in [0.2, 0.25) is 18.1 Å². The van der Waals surface area contributed by atoms with Crippen molar-refractivity contribution in [2.24, 2.45) is 0 Å². The van der Waals surface area contributed by atoms with Gasteiger partial charge in [-0.25, -0.2) is 0 Å². The van der Waals surface area contributed by atoms with E-state index in [9.17, 15) is 9.59 Å². The first kappa shape index (κ1) is 18.1. The van der Waals surface area contributed by atoms with Crippen molar-refractivity contribution in [1.82, 2.24) is 10.6 Å². The van der Waals surface area contributed by atoms with Crippen molar-refractivity contribution in [3.05, 3.63) is 0 Å². The Bertz CT molecular complexity index is 393. The summed E-state index contributed by atoms with van der Waals surface area (Å²) in [6, 6.07) is 0. The molecule has 2 aliphatic rings. The average molecular weight is 316 g/mol. The van der Waals surface area contributed by atoms with Crippen molar-refractivity contribution in [3.63, 3.8) is 0 Å². The van der Waals surface area contributed by atoms with Crippen LogP contribution in [0.3, 0.4) is 0 Å². The molecule has 0 saturated carbocycles. The van der Waals surface area contributed by atoms with Crippen LogP contribution in [0.5, 0.6) is 0 Å². The average Bonchev–Trinajstić information content (AvgIpc) is 2.86. The molecule has 2 fully saturated rings. The van der Waals surface area contributed by atoms with E-state index in [0.29, 0.717) is 19.5 Å². The number of nitrogens with one attached hydrogen (secondary N) is 2. The number of β-amino-alcohol motifs (C(OH)–C–C–N with tert-alkyl or cyclic N) is 1. The molecule has 0 bridgehead atoms. The summed E-state index contributed by atoms with van der Waals surface area (Å²) in [4.78, 5) is 21.2. The first-order valence-electron chi connectivity index (χ1n) is 7.40. The van der Waals surface area contributed by atoms with Gasteiger partial charge in [0.1, 0.15) is 0 Å². The van der Waals surface area contributed by atoms with Crippen molar-refractivity contribution in [1.29, 1.82) is 0 Å². The molecule has 2 amide bonds. The van der Waals surface area contributed by atoms with Gasteiger partial charge in [0.25, 0.3) is 0 Å². The normalized spacial score (nSPS) is 26.0. The zero-order chi connectivity index (χ0) is 16.3. The third kappa shape index (κ3) is 5.76. The number of aliphatic hydroxyl groups excluding tert-OH is 1. The quantitative estimate of drug-likeness (QED) is 0.657. The molecule has 3 N–H and O–H groups in total. The fourth-order valence-corrected chi connectivity index (χ4v) is 3.20. The van der Waals surface area contributed by atoms with Gasteiger partial charge in [-0.3, -0.25) is 9.59 Å². The fourth-order valence-electron chi connectivity index (χ4n) is 1.85. The number of hydrogen-bond donors (Lipinski definition) is 3. The van der Waals surface area contributed by atoms with Crippen LogP contribution in [0, 0.1) is 0 Å². The van der Waals surface area contributed by atoms with Crippen LogP contribution in [0.1, 0.15) is 33.6 Å². The van der Waals surface area contributed by atoms with Crippen LogP contribution in [0.4, 0.5) is 0 Å². The molecule has 0 spiro atoms. The zero-order valence-electron chi connectivity index (χ0n) is 13.7. The van der Waals surface area contributed by atoms with E-state index in [1.165, 1.54) is 0 Å². The second-order valence-electron chi connectivity index (χ2n) is 7.17. The molecule has 2 atom stereocenters. The van der Waals surface area contributed by atoms with Gasteiger partial charge in [-0.2, -0.15) is 0 Å². The van der Waals surface area contributed by atoms with Crippen LogP contribution in [-0.2, 0) is 14.0 Å². The lowest BCUT2D eigenvalue weighted by Gasteiger charge is -2.38. The highest BCUT2D eigenvalue weighted by Gasteiger charge is 2.40. The lowest BCUT2D eigenvalue weighted by Crippen LogP contribution is -2.44. The second-order valence-corrected chi connectivity index (χ2v) is 11.9. The second kappa shape index (κ2) is 6.89. The summed E-state index contributed by atoms with van der Waals surface area (Å²) in [5.74, 6) is 0.0706.